The van der Waals surface area contributed by atoms with Crippen molar-refractivity contribution in [2.45, 2.75) is 11.4 Å². The summed E-state index contributed by atoms with van der Waals surface area (Å²) in [5.41, 5.74) is 0.827. The summed E-state index contributed by atoms with van der Waals surface area (Å²) in [5.74, 6) is 0.745. The second-order valence-electron chi connectivity index (χ2n) is 4.17. The predicted octanol–water partition coefficient (Wildman–Crippen LogP) is 1.88. The van der Waals surface area contributed by atoms with Crippen LogP contribution in [0, 0.1) is 0 Å². The average molecular weight is 293 g/mol. The molecule has 0 bridgehead atoms. The fourth-order valence-corrected chi connectivity index (χ4v) is 2.65. The highest BCUT2D eigenvalue weighted by atomic mass is 32.2. The van der Waals surface area contributed by atoms with Gasteiger partial charge in [0.05, 0.1) is 12.0 Å². The third kappa shape index (κ3) is 3.49. The third-order valence-corrected chi connectivity index (χ3v) is 4.19. The smallest absolute Gasteiger partial charge is 0.240 e. The quantitative estimate of drug-likeness (QED) is 0.882. The van der Waals surface area contributed by atoms with E-state index in [1.165, 1.54) is 24.3 Å². The third-order valence-electron chi connectivity index (χ3n) is 2.77. The zero-order valence-electron chi connectivity index (χ0n) is 10.9. The van der Waals surface area contributed by atoms with Crippen LogP contribution in [0.3, 0.4) is 0 Å². The lowest BCUT2D eigenvalue weighted by Gasteiger charge is -2.07. The first-order valence-electron chi connectivity index (χ1n) is 5.93. The first kappa shape index (κ1) is 14.4. The molecule has 0 saturated heterocycles. The molecule has 0 atom stereocenters. The van der Waals surface area contributed by atoms with Gasteiger partial charge in [0.2, 0.25) is 10.0 Å². The first-order chi connectivity index (χ1) is 9.51. The predicted molar refractivity (Wildman–Crippen MR) is 75.1 cm³/mol. The molecular formula is C14H15NO4S. The summed E-state index contributed by atoms with van der Waals surface area (Å²) < 4.78 is 31.6. The Kier molecular flexibility index (Phi) is 4.26. The Hall–Kier alpha value is -2.05. The van der Waals surface area contributed by atoms with E-state index in [0.717, 1.165) is 11.3 Å². The van der Waals surface area contributed by atoms with Crippen molar-refractivity contribution in [2.24, 2.45) is 0 Å². The maximum atomic E-state index is 12.0. The van der Waals surface area contributed by atoms with E-state index in [0.29, 0.717) is 0 Å². The minimum Gasteiger partial charge on any atom is -0.508 e. The van der Waals surface area contributed by atoms with Crippen molar-refractivity contribution in [3.8, 4) is 11.5 Å². The van der Waals surface area contributed by atoms with Crippen LogP contribution in [0.15, 0.2) is 53.4 Å². The Balaban J connectivity index is 2.06. The molecule has 0 aliphatic rings. The van der Waals surface area contributed by atoms with E-state index in [1.807, 2.05) is 0 Å². The fourth-order valence-electron chi connectivity index (χ4n) is 1.63. The first-order valence-corrected chi connectivity index (χ1v) is 7.41. The van der Waals surface area contributed by atoms with Crippen molar-refractivity contribution in [3.63, 3.8) is 0 Å². The van der Waals surface area contributed by atoms with E-state index in [4.69, 9.17) is 9.84 Å². The van der Waals surface area contributed by atoms with Crippen LogP contribution in [-0.4, -0.2) is 20.6 Å². The summed E-state index contributed by atoms with van der Waals surface area (Å²) in [4.78, 5) is 0.115. The molecule has 5 nitrogen and oxygen atoms in total. The largest absolute Gasteiger partial charge is 0.508 e. The molecule has 0 aliphatic carbocycles. The van der Waals surface area contributed by atoms with Gasteiger partial charge < -0.3 is 9.84 Å². The van der Waals surface area contributed by atoms with Gasteiger partial charge in [-0.1, -0.05) is 12.1 Å². The molecule has 2 N–H and O–H groups in total. The van der Waals surface area contributed by atoms with Gasteiger partial charge in [0, 0.05) is 6.54 Å². The van der Waals surface area contributed by atoms with E-state index < -0.39 is 10.0 Å². The van der Waals surface area contributed by atoms with Crippen LogP contribution in [0.2, 0.25) is 0 Å². The maximum absolute atomic E-state index is 12.0. The van der Waals surface area contributed by atoms with Crippen molar-refractivity contribution in [3.05, 3.63) is 54.1 Å². The van der Waals surface area contributed by atoms with E-state index in [-0.39, 0.29) is 17.2 Å². The van der Waals surface area contributed by atoms with Gasteiger partial charge in [0.15, 0.2) is 0 Å². The summed E-state index contributed by atoms with van der Waals surface area (Å²) >= 11 is 0. The molecule has 0 heterocycles. The molecule has 0 saturated carbocycles. The minimum atomic E-state index is -3.58. The second kappa shape index (κ2) is 5.94. The molecule has 0 amide bonds. The molecule has 0 aliphatic heterocycles. The van der Waals surface area contributed by atoms with Crippen LogP contribution in [0.25, 0.3) is 0 Å². The van der Waals surface area contributed by atoms with Crippen LogP contribution in [0.1, 0.15) is 5.56 Å². The normalized spacial score (nSPS) is 11.2. The highest BCUT2D eigenvalue weighted by molar-refractivity contribution is 7.89. The number of ether oxygens (including phenoxy) is 1. The van der Waals surface area contributed by atoms with E-state index in [9.17, 15) is 8.42 Å². The van der Waals surface area contributed by atoms with Gasteiger partial charge in [-0.05, 0) is 42.0 Å². The van der Waals surface area contributed by atoms with Gasteiger partial charge in [0.1, 0.15) is 11.5 Å². The molecular weight excluding hydrogens is 278 g/mol. The van der Waals surface area contributed by atoms with Crippen molar-refractivity contribution in [1.29, 1.82) is 0 Å². The summed E-state index contributed by atoms with van der Waals surface area (Å²) in [6.45, 7) is 0.188. The molecule has 0 radical (unpaired) electrons. The van der Waals surface area contributed by atoms with Gasteiger partial charge in [0.25, 0.3) is 0 Å². The van der Waals surface area contributed by atoms with E-state index in [2.05, 4.69) is 4.72 Å². The molecule has 0 fully saturated rings. The molecule has 0 unspecified atom stereocenters. The van der Waals surface area contributed by atoms with E-state index >= 15 is 0 Å². The number of phenols is 1. The standard InChI is InChI=1S/C14H15NO4S/c1-19-13-6-2-11(3-7-13)10-15-20(17,18)14-8-4-12(16)5-9-14/h2-9,15-16H,10H2,1H3. The molecule has 2 rings (SSSR count). The SMILES string of the molecule is COc1ccc(CNS(=O)(=O)c2ccc(O)cc2)cc1. The Morgan fingerprint density at radius 1 is 1.05 bits per heavy atom. The lowest BCUT2D eigenvalue weighted by Crippen LogP contribution is -2.23. The number of hydrogen-bond acceptors (Lipinski definition) is 4. The van der Waals surface area contributed by atoms with Gasteiger partial charge in [-0.3, -0.25) is 0 Å². The van der Waals surface area contributed by atoms with Crippen LogP contribution in [-0.2, 0) is 16.6 Å². The monoisotopic (exact) mass is 293 g/mol. The fraction of sp³-hybridized carbons (Fsp3) is 0.143. The average Bonchev–Trinajstić information content (AvgIpc) is 2.46. The second-order valence-corrected chi connectivity index (χ2v) is 5.93. The Morgan fingerprint density at radius 3 is 2.20 bits per heavy atom. The molecule has 0 aromatic heterocycles. The summed E-state index contributed by atoms with van der Waals surface area (Å²) in [6, 6.07) is 12.5. The number of nitrogens with one attached hydrogen (secondary N) is 1. The maximum Gasteiger partial charge on any atom is 0.240 e. The number of hydrogen-bond donors (Lipinski definition) is 2. The van der Waals surface area contributed by atoms with Gasteiger partial charge in [-0.2, -0.15) is 0 Å². The van der Waals surface area contributed by atoms with Crippen molar-refractivity contribution in [1.82, 2.24) is 4.72 Å². The van der Waals surface area contributed by atoms with Gasteiger partial charge in [-0.25, -0.2) is 13.1 Å². The minimum absolute atomic E-state index is 0.0269. The Morgan fingerprint density at radius 2 is 1.65 bits per heavy atom. The number of sulfonamides is 1. The van der Waals surface area contributed by atoms with Crippen LogP contribution in [0.5, 0.6) is 11.5 Å². The molecule has 0 spiro atoms. The molecule has 20 heavy (non-hydrogen) atoms. The number of methoxy groups -OCH3 is 1. The number of rotatable bonds is 5. The van der Waals surface area contributed by atoms with Gasteiger partial charge >= 0.3 is 0 Å². The number of phenolic OH excluding ortho intramolecular Hbond substituents is 1. The number of aromatic hydroxyl groups is 1. The summed E-state index contributed by atoms with van der Waals surface area (Å²) in [5, 5.41) is 9.15. The lowest BCUT2D eigenvalue weighted by molar-refractivity contribution is 0.414. The summed E-state index contributed by atoms with van der Waals surface area (Å²) in [6.07, 6.45) is 0. The molecule has 106 valence electrons. The molecule has 2 aromatic rings. The van der Waals surface area contributed by atoms with Gasteiger partial charge in [-0.15, -0.1) is 0 Å². The zero-order valence-corrected chi connectivity index (χ0v) is 11.7. The summed E-state index contributed by atoms with van der Waals surface area (Å²) in [7, 11) is -2.01. The highest BCUT2D eigenvalue weighted by Gasteiger charge is 2.13. The van der Waals surface area contributed by atoms with Crippen LogP contribution < -0.4 is 9.46 Å². The van der Waals surface area contributed by atoms with Crippen LogP contribution in [0.4, 0.5) is 0 Å². The van der Waals surface area contributed by atoms with Crippen LogP contribution >= 0.6 is 0 Å². The Labute approximate surface area is 117 Å². The molecule has 6 heteroatoms. The highest BCUT2D eigenvalue weighted by Crippen LogP contribution is 2.15. The van der Waals surface area contributed by atoms with Crippen molar-refractivity contribution in [2.75, 3.05) is 7.11 Å². The van der Waals surface area contributed by atoms with Crippen molar-refractivity contribution >= 4 is 10.0 Å². The topological polar surface area (TPSA) is 75.6 Å². The number of benzene rings is 2. The van der Waals surface area contributed by atoms with Crippen molar-refractivity contribution < 1.29 is 18.3 Å². The van der Waals surface area contributed by atoms with E-state index in [1.54, 1.807) is 31.4 Å². The Bertz CT molecular complexity index is 663. The zero-order chi connectivity index (χ0) is 14.6. The molecule has 2 aromatic carbocycles. The lowest BCUT2D eigenvalue weighted by atomic mass is 10.2.